The van der Waals surface area contributed by atoms with E-state index in [1.807, 2.05) is 13.8 Å². The van der Waals surface area contributed by atoms with Gasteiger partial charge in [-0.15, -0.1) is 5.10 Å². The molecule has 0 unspecified atom stereocenters. The molecule has 1 atom stereocenters. The molecule has 0 aliphatic heterocycles. The lowest BCUT2D eigenvalue weighted by Gasteiger charge is -2.17. The standard InChI is InChI=1S/C18H18FN3O5S/c1-11(2)15(20-16(23)14-4-3-9-26-14)17-21-22-18(27-17)28(24,25)10-12-5-7-13(19)8-6-12/h3-9,11,15H,10H2,1-2H3,(H,20,23)/t15-/m0/s1. The van der Waals surface area contributed by atoms with Gasteiger partial charge in [-0.1, -0.05) is 31.1 Å². The average Bonchev–Trinajstić information content (AvgIpc) is 3.33. The largest absolute Gasteiger partial charge is 0.459 e. The van der Waals surface area contributed by atoms with Gasteiger partial charge in [-0.3, -0.25) is 4.79 Å². The summed E-state index contributed by atoms with van der Waals surface area (Å²) in [5.74, 6) is -1.46. The van der Waals surface area contributed by atoms with E-state index in [2.05, 4.69) is 15.5 Å². The molecule has 1 aromatic carbocycles. The first-order chi connectivity index (χ1) is 13.3. The fraction of sp³-hybridized carbons (Fsp3) is 0.278. The molecule has 28 heavy (non-hydrogen) atoms. The third kappa shape index (κ3) is 4.45. The summed E-state index contributed by atoms with van der Waals surface area (Å²) in [4.78, 5) is 12.2. The Balaban J connectivity index is 1.79. The third-order valence-corrected chi connectivity index (χ3v) is 5.33. The van der Waals surface area contributed by atoms with Gasteiger partial charge in [-0.2, -0.15) is 0 Å². The number of sulfone groups is 1. The summed E-state index contributed by atoms with van der Waals surface area (Å²) in [7, 11) is -3.93. The number of furan rings is 1. The van der Waals surface area contributed by atoms with Crippen LogP contribution in [-0.2, 0) is 15.6 Å². The summed E-state index contributed by atoms with van der Waals surface area (Å²) in [6.07, 6.45) is 1.37. The molecule has 0 radical (unpaired) electrons. The fourth-order valence-electron chi connectivity index (χ4n) is 2.47. The number of halogens is 1. The number of nitrogens with one attached hydrogen (secondary N) is 1. The molecule has 1 N–H and O–H groups in total. The number of benzene rings is 1. The van der Waals surface area contributed by atoms with E-state index in [4.69, 9.17) is 8.83 Å². The van der Waals surface area contributed by atoms with Gasteiger partial charge in [0, 0.05) is 0 Å². The lowest BCUT2D eigenvalue weighted by atomic mass is 10.0. The second kappa shape index (κ2) is 7.93. The summed E-state index contributed by atoms with van der Waals surface area (Å²) in [5, 5.41) is 9.54. The zero-order valence-corrected chi connectivity index (χ0v) is 15.9. The zero-order chi connectivity index (χ0) is 20.3. The first kappa shape index (κ1) is 19.7. The number of carbonyl (C=O) groups excluding carboxylic acids is 1. The molecule has 0 spiro atoms. The van der Waals surface area contributed by atoms with E-state index >= 15 is 0 Å². The number of amides is 1. The number of hydrogen-bond donors (Lipinski definition) is 1. The van der Waals surface area contributed by atoms with Crippen LogP contribution in [0.1, 0.15) is 41.9 Å². The van der Waals surface area contributed by atoms with Gasteiger partial charge in [0.1, 0.15) is 11.9 Å². The van der Waals surface area contributed by atoms with E-state index in [9.17, 15) is 17.6 Å². The van der Waals surface area contributed by atoms with Crippen LogP contribution in [0.25, 0.3) is 0 Å². The lowest BCUT2D eigenvalue weighted by molar-refractivity contribution is 0.0887. The van der Waals surface area contributed by atoms with Gasteiger partial charge in [0.15, 0.2) is 5.76 Å². The topological polar surface area (TPSA) is 115 Å². The van der Waals surface area contributed by atoms with Crippen LogP contribution >= 0.6 is 0 Å². The minimum Gasteiger partial charge on any atom is -0.459 e. The number of hydrogen-bond acceptors (Lipinski definition) is 7. The van der Waals surface area contributed by atoms with Gasteiger partial charge in [0.2, 0.25) is 15.7 Å². The van der Waals surface area contributed by atoms with E-state index in [1.54, 1.807) is 6.07 Å². The Morgan fingerprint density at radius 1 is 1.18 bits per heavy atom. The van der Waals surface area contributed by atoms with Gasteiger partial charge in [0.25, 0.3) is 5.91 Å². The van der Waals surface area contributed by atoms with Crippen molar-refractivity contribution in [2.75, 3.05) is 0 Å². The van der Waals surface area contributed by atoms with Crippen molar-refractivity contribution in [3.05, 3.63) is 65.7 Å². The quantitative estimate of drug-likeness (QED) is 0.640. The predicted octanol–water partition coefficient (Wildman–Crippen LogP) is 2.90. The highest BCUT2D eigenvalue weighted by atomic mass is 32.2. The molecule has 0 aliphatic rings. The molecule has 2 aromatic heterocycles. The molecule has 0 bridgehead atoms. The van der Waals surface area contributed by atoms with Crippen molar-refractivity contribution in [2.45, 2.75) is 30.9 Å². The van der Waals surface area contributed by atoms with Gasteiger partial charge in [-0.25, -0.2) is 12.8 Å². The summed E-state index contributed by atoms with van der Waals surface area (Å²) in [5.41, 5.74) is 0.382. The minimum absolute atomic E-state index is 0.0346. The van der Waals surface area contributed by atoms with Gasteiger partial charge in [0.05, 0.1) is 12.0 Å². The number of nitrogens with zero attached hydrogens (tertiary/aromatic N) is 2. The van der Waals surface area contributed by atoms with Crippen LogP contribution in [-0.4, -0.2) is 24.5 Å². The second-order valence-electron chi connectivity index (χ2n) is 6.46. The van der Waals surface area contributed by atoms with Crippen molar-refractivity contribution < 1.29 is 26.4 Å². The van der Waals surface area contributed by atoms with E-state index in [0.29, 0.717) is 5.56 Å². The monoisotopic (exact) mass is 407 g/mol. The highest BCUT2D eigenvalue weighted by Gasteiger charge is 2.29. The second-order valence-corrected chi connectivity index (χ2v) is 8.33. The number of rotatable bonds is 7. The van der Waals surface area contributed by atoms with E-state index in [0.717, 1.165) is 0 Å². The molecule has 8 nitrogen and oxygen atoms in total. The molecule has 10 heteroatoms. The van der Waals surface area contributed by atoms with Crippen molar-refractivity contribution >= 4 is 15.7 Å². The average molecular weight is 407 g/mol. The third-order valence-electron chi connectivity index (χ3n) is 3.92. The molecular formula is C18H18FN3O5S. The Morgan fingerprint density at radius 2 is 1.89 bits per heavy atom. The van der Waals surface area contributed by atoms with Crippen LogP contribution in [0, 0.1) is 11.7 Å². The van der Waals surface area contributed by atoms with Crippen molar-refractivity contribution in [3.8, 4) is 0 Å². The lowest BCUT2D eigenvalue weighted by Crippen LogP contribution is -2.31. The highest BCUT2D eigenvalue weighted by Crippen LogP contribution is 2.24. The predicted molar refractivity (Wildman–Crippen MR) is 95.3 cm³/mol. The first-order valence-corrected chi connectivity index (χ1v) is 10.1. The van der Waals surface area contributed by atoms with Crippen molar-refractivity contribution in [1.82, 2.24) is 15.5 Å². The normalized spacial score (nSPS) is 12.9. The number of aromatic nitrogens is 2. The molecule has 148 valence electrons. The molecule has 0 fully saturated rings. The van der Waals surface area contributed by atoms with Gasteiger partial charge < -0.3 is 14.2 Å². The molecule has 0 saturated carbocycles. The van der Waals surface area contributed by atoms with Crippen LogP contribution in [0.5, 0.6) is 0 Å². The molecule has 0 aliphatic carbocycles. The molecular weight excluding hydrogens is 389 g/mol. The minimum atomic E-state index is -3.93. The smallest absolute Gasteiger partial charge is 0.335 e. The van der Waals surface area contributed by atoms with Crippen molar-refractivity contribution in [1.29, 1.82) is 0 Å². The van der Waals surface area contributed by atoms with Crippen LogP contribution < -0.4 is 5.32 Å². The van der Waals surface area contributed by atoms with Crippen molar-refractivity contribution in [3.63, 3.8) is 0 Å². The van der Waals surface area contributed by atoms with Crippen LogP contribution in [0.4, 0.5) is 4.39 Å². The molecule has 2 heterocycles. The number of carbonyl (C=O) groups is 1. The maximum atomic E-state index is 13.0. The van der Waals surface area contributed by atoms with Crippen LogP contribution in [0.15, 0.2) is 56.7 Å². The fourth-order valence-corrected chi connectivity index (χ4v) is 3.60. The Hall–Kier alpha value is -3.01. The summed E-state index contributed by atoms with van der Waals surface area (Å²) in [6.45, 7) is 3.62. The Kier molecular flexibility index (Phi) is 5.59. The summed E-state index contributed by atoms with van der Waals surface area (Å²) in [6, 6.07) is 7.44. The maximum absolute atomic E-state index is 13.0. The molecule has 3 rings (SSSR count). The van der Waals surface area contributed by atoms with Crippen LogP contribution in [0.2, 0.25) is 0 Å². The maximum Gasteiger partial charge on any atom is 0.335 e. The molecule has 1 amide bonds. The Morgan fingerprint density at radius 3 is 2.50 bits per heavy atom. The first-order valence-electron chi connectivity index (χ1n) is 8.41. The SMILES string of the molecule is CC(C)[C@H](NC(=O)c1ccco1)c1nnc(S(=O)(=O)Cc2ccc(F)cc2)o1. The van der Waals surface area contributed by atoms with Crippen LogP contribution in [0.3, 0.4) is 0 Å². The summed E-state index contributed by atoms with van der Waals surface area (Å²) < 4.78 is 48.4. The Bertz CT molecular complexity index is 1040. The van der Waals surface area contributed by atoms with Gasteiger partial charge in [-0.05, 0) is 35.7 Å². The zero-order valence-electron chi connectivity index (χ0n) is 15.1. The Labute approximate surface area is 160 Å². The van der Waals surface area contributed by atoms with E-state index < -0.39 is 38.6 Å². The van der Waals surface area contributed by atoms with E-state index in [1.165, 1.54) is 36.6 Å². The molecule has 0 saturated heterocycles. The van der Waals surface area contributed by atoms with Gasteiger partial charge >= 0.3 is 5.22 Å². The summed E-state index contributed by atoms with van der Waals surface area (Å²) >= 11 is 0. The molecule has 3 aromatic rings. The highest BCUT2D eigenvalue weighted by molar-refractivity contribution is 7.90. The van der Waals surface area contributed by atoms with E-state index in [-0.39, 0.29) is 17.6 Å². The van der Waals surface area contributed by atoms with Crippen molar-refractivity contribution in [2.24, 2.45) is 5.92 Å².